The molecule has 106 valence electrons. The average molecular weight is 374 g/mol. The van der Waals surface area contributed by atoms with Gasteiger partial charge in [-0.25, -0.2) is 8.42 Å². The standard InChI is InChI=1S/C13H12BrNO3S2/c1-2-20(17,18)11-5-3-10(4-6-11)15-13(16)9-7-12(14)19-8-9/h3-8H,2H2,1H3,(H,15,16). The first-order chi connectivity index (χ1) is 9.42. The summed E-state index contributed by atoms with van der Waals surface area (Å²) in [5.74, 6) is -0.167. The summed E-state index contributed by atoms with van der Waals surface area (Å²) in [5.41, 5.74) is 1.12. The van der Waals surface area contributed by atoms with Gasteiger partial charge in [-0.15, -0.1) is 11.3 Å². The molecule has 1 N–H and O–H groups in total. The third kappa shape index (κ3) is 3.47. The number of nitrogens with one attached hydrogen (secondary N) is 1. The van der Waals surface area contributed by atoms with Crippen LogP contribution in [0.3, 0.4) is 0 Å². The Labute approximate surface area is 129 Å². The molecule has 20 heavy (non-hydrogen) atoms. The quantitative estimate of drug-likeness (QED) is 0.890. The van der Waals surface area contributed by atoms with Gasteiger partial charge >= 0.3 is 0 Å². The van der Waals surface area contributed by atoms with Crippen molar-refractivity contribution in [3.05, 3.63) is 45.1 Å². The second-order valence-corrected chi connectivity index (χ2v) is 8.59. The Kier molecular flexibility index (Phi) is 4.62. The summed E-state index contributed by atoms with van der Waals surface area (Å²) in [6.07, 6.45) is 0. The highest BCUT2D eigenvalue weighted by Gasteiger charge is 2.12. The molecule has 0 aliphatic rings. The fraction of sp³-hybridized carbons (Fsp3) is 0.154. The number of hydrogen-bond acceptors (Lipinski definition) is 4. The van der Waals surface area contributed by atoms with E-state index in [0.717, 1.165) is 3.79 Å². The van der Waals surface area contributed by atoms with E-state index in [1.165, 1.54) is 23.5 Å². The average Bonchev–Trinajstić information content (AvgIpc) is 2.86. The second kappa shape index (κ2) is 6.07. The molecule has 1 heterocycles. The smallest absolute Gasteiger partial charge is 0.256 e. The van der Waals surface area contributed by atoms with Crippen LogP contribution in [-0.4, -0.2) is 20.1 Å². The maximum Gasteiger partial charge on any atom is 0.256 e. The molecule has 0 fully saturated rings. The van der Waals surface area contributed by atoms with E-state index in [1.807, 2.05) is 0 Å². The first kappa shape index (κ1) is 15.2. The summed E-state index contributed by atoms with van der Waals surface area (Å²) in [7, 11) is -3.21. The van der Waals surface area contributed by atoms with Crippen LogP contribution < -0.4 is 5.32 Å². The molecule has 7 heteroatoms. The lowest BCUT2D eigenvalue weighted by Crippen LogP contribution is -2.11. The molecule has 0 aliphatic heterocycles. The molecule has 0 unspecified atom stereocenters. The Morgan fingerprint density at radius 1 is 1.30 bits per heavy atom. The number of benzene rings is 1. The summed E-state index contributed by atoms with van der Waals surface area (Å²) in [5, 5.41) is 4.47. The van der Waals surface area contributed by atoms with Gasteiger partial charge < -0.3 is 5.32 Å². The van der Waals surface area contributed by atoms with E-state index in [1.54, 1.807) is 30.5 Å². The minimum Gasteiger partial charge on any atom is -0.322 e. The van der Waals surface area contributed by atoms with Crippen LogP contribution in [0.5, 0.6) is 0 Å². The molecule has 0 saturated carbocycles. The van der Waals surface area contributed by atoms with Crippen molar-refractivity contribution in [3.8, 4) is 0 Å². The first-order valence-electron chi connectivity index (χ1n) is 5.80. The first-order valence-corrected chi connectivity index (χ1v) is 9.13. The van der Waals surface area contributed by atoms with Crippen LogP contribution in [0.2, 0.25) is 0 Å². The van der Waals surface area contributed by atoms with E-state index in [4.69, 9.17) is 0 Å². The van der Waals surface area contributed by atoms with Gasteiger partial charge in [0, 0.05) is 11.1 Å². The Bertz CT molecular complexity index is 720. The molecule has 2 aromatic rings. The number of thiophene rings is 1. The van der Waals surface area contributed by atoms with Crippen molar-refractivity contribution in [3.63, 3.8) is 0 Å². The normalized spacial score (nSPS) is 11.3. The van der Waals surface area contributed by atoms with Crippen LogP contribution in [0, 0.1) is 0 Å². The molecular formula is C13H12BrNO3S2. The Balaban J connectivity index is 2.14. The number of amides is 1. The summed E-state index contributed by atoms with van der Waals surface area (Å²) in [6.45, 7) is 1.60. The van der Waals surface area contributed by atoms with Gasteiger partial charge in [0.1, 0.15) is 0 Å². The molecule has 1 aromatic heterocycles. The van der Waals surface area contributed by atoms with Crippen molar-refractivity contribution >= 4 is 48.7 Å². The maximum atomic E-state index is 11.9. The minimum atomic E-state index is -3.21. The largest absolute Gasteiger partial charge is 0.322 e. The van der Waals surface area contributed by atoms with E-state index in [9.17, 15) is 13.2 Å². The zero-order valence-corrected chi connectivity index (χ0v) is 13.8. The van der Waals surface area contributed by atoms with E-state index >= 15 is 0 Å². The van der Waals surface area contributed by atoms with Gasteiger partial charge in [0.2, 0.25) is 0 Å². The molecule has 0 atom stereocenters. The molecule has 0 bridgehead atoms. The number of carbonyl (C=O) groups is 1. The molecule has 1 aromatic carbocycles. The van der Waals surface area contributed by atoms with E-state index in [-0.39, 0.29) is 16.6 Å². The van der Waals surface area contributed by atoms with Crippen molar-refractivity contribution in [2.75, 3.05) is 11.1 Å². The van der Waals surface area contributed by atoms with Gasteiger partial charge in [-0.3, -0.25) is 4.79 Å². The number of halogens is 1. The Morgan fingerprint density at radius 2 is 1.95 bits per heavy atom. The topological polar surface area (TPSA) is 63.2 Å². The second-order valence-electron chi connectivity index (χ2n) is 4.02. The van der Waals surface area contributed by atoms with E-state index < -0.39 is 9.84 Å². The van der Waals surface area contributed by atoms with Gasteiger partial charge in [0.15, 0.2) is 9.84 Å². The van der Waals surface area contributed by atoms with Crippen molar-refractivity contribution in [1.82, 2.24) is 0 Å². The number of rotatable bonds is 4. The summed E-state index contributed by atoms with van der Waals surface area (Å²) in [4.78, 5) is 12.2. The third-order valence-corrected chi connectivity index (χ3v) is 5.94. The fourth-order valence-corrected chi connectivity index (χ4v) is 3.57. The molecule has 1 amide bonds. The van der Waals surface area contributed by atoms with Crippen molar-refractivity contribution < 1.29 is 13.2 Å². The van der Waals surface area contributed by atoms with Crippen LogP contribution in [0.25, 0.3) is 0 Å². The highest BCUT2D eigenvalue weighted by Crippen LogP contribution is 2.22. The fourth-order valence-electron chi connectivity index (χ4n) is 1.54. The van der Waals surface area contributed by atoms with Gasteiger partial charge in [0.25, 0.3) is 5.91 Å². The SMILES string of the molecule is CCS(=O)(=O)c1ccc(NC(=O)c2csc(Br)c2)cc1. The maximum absolute atomic E-state index is 11.9. The van der Waals surface area contributed by atoms with Gasteiger partial charge in [-0.2, -0.15) is 0 Å². The summed E-state index contributed by atoms with van der Waals surface area (Å²) in [6, 6.07) is 7.90. The molecule has 2 rings (SSSR count). The molecule has 4 nitrogen and oxygen atoms in total. The molecule has 0 saturated heterocycles. The Morgan fingerprint density at radius 3 is 2.45 bits per heavy atom. The van der Waals surface area contributed by atoms with E-state index in [2.05, 4.69) is 21.2 Å². The monoisotopic (exact) mass is 373 g/mol. The highest BCUT2D eigenvalue weighted by molar-refractivity contribution is 9.11. The zero-order chi connectivity index (χ0) is 14.8. The lowest BCUT2D eigenvalue weighted by atomic mass is 10.3. The van der Waals surface area contributed by atoms with Gasteiger partial charge in [-0.1, -0.05) is 6.92 Å². The predicted molar refractivity (Wildman–Crippen MR) is 84.1 cm³/mol. The lowest BCUT2D eigenvalue weighted by Gasteiger charge is -2.05. The number of hydrogen-bond donors (Lipinski definition) is 1. The van der Waals surface area contributed by atoms with Crippen LogP contribution in [0.15, 0.2) is 44.4 Å². The van der Waals surface area contributed by atoms with Crippen LogP contribution >= 0.6 is 27.3 Å². The number of carbonyl (C=O) groups excluding carboxylic acids is 1. The lowest BCUT2D eigenvalue weighted by molar-refractivity contribution is 0.102. The third-order valence-electron chi connectivity index (χ3n) is 2.68. The highest BCUT2D eigenvalue weighted by atomic mass is 79.9. The summed E-state index contributed by atoms with van der Waals surface area (Å²) < 4.78 is 24.2. The summed E-state index contributed by atoms with van der Waals surface area (Å²) >= 11 is 4.73. The molecular weight excluding hydrogens is 362 g/mol. The van der Waals surface area contributed by atoms with Crippen LogP contribution in [-0.2, 0) is 9.84 Å². The van der Waals surface area contributed by atoms with Crippen LogP contribution in [0.4, 0.5) is 5.69 Å². The van der Waals surface area contributed by atoms with Crippen molar-refractivity contribution in [2.45, 2.75) is 11.8 Å². The number of sulfone groups is 1. The zero-order valence-electron chi connectivity index (χ0n) is 10.6. The predicted octanol–water partition coefficient (Wildman–Crippen LogP) is 3.56. The van der Waals surface area contributed by atoms with Crippen LogP contribution in [0.1, 0.15) is 17.3 Å². The Hall–Kier alpha value is -1.18. The van der Waals surface area contributed by atoms with Gasteiger partial charge in [-0.05, 0) is 46.3 Å². The molecule has 0 aliphatic carbocycles. The number of anilines is 1. The van der Waals surface area contributed by atoms with Crippen molar-refractivity contribution in [1.29, 1.82) is 0 Å². The van der Waals surface area contributed by atoms with Crippen molar-refractivity contribution in [2.24, 2.45) is 0 Å². The minimum absolute atomic E-state index is 0.0572. The van der Waals surface area contributed by atoms with Gasteiger partial charge in [0.05, 0.1) is 20.0 Å². The molecule has 0 spiro atoms. The van der Waals surface area contributed by atoms with E-state index in [0.29, 0.717) is 11.3 Å². The molecule has 0 radical (unpaired) electrons.